The van der Waals surface area contributed by atoms with Crippen LogP contribution in [0.3, 0.4) is 0 Å². The van der Waals surface area contributed by atoms with Crippen molar-refractivity contribution in [2.45, 2.75) is 0 Å². The normalized spacial score (nSPS) is 16.3. The molecule has 1 fully saturated rings. The molecule has 1 aliphatic rings. The van der Waals surface area contributed by atoms with Gasteiger partial charge >= 0.3 is 0 Å². The zero-order chi connectivity index (χ0) is 13.7. The van der Waals surface area contributed by atoms with Gasteiger partial charge in [0.15, 0.2) is 0 Å². The van der Waals surface area contributed by atoms with Gasteiger partial charge in [-0.2, -0.15) is 0 Å². The first-order valence-corrected chi connectivity index (χ1v) is 6.96. The maximum atomic E-state index is 10.8. The van der Waals surface area contributed by atoms with Crippen molar-refractivity contribution in [1.82, 2.24) is 10.2 Å². The molecule has 1 heterocycles. The van der Waals surface area contributed by atoms with Crippen molar-refractivity contribution in [3.63, 3.8) is 0 Å². The quantitative estimate of drug-likeness (QED) is 0.657. The number of nitrogens with zero attached hydrogens (tertiary/aromatic N) is 2. The van der Waals surface area contributed by atoms with E-state index in [4.69, 9.17) is 4.74 Å². The fourth-order valence-corrected chi connectivity index (χ4v) is 2.49. The Morgan fingerprint density at radius 2 is 2.16 bits per heavy atom. The largest absolute Gasteiger partial charge is 0.491 e. The smallest absolute Gasteiger partial charge is 0.287 e. The molecule has 1 aromatic carbocycles. The fraction of sp³-hybridized carbons (Fsp3) is 0.500. The van der Waals surface area contributed by atoms with E-state index in [0.29, 0.717) is 16.8 Å². The number of hydrogen-bond acceptors (Lipinski definition) is 5. The Labute approximate surface area is 120 Å². The molecule has 7 heteroatoms. The van der Waals surface area contributed by atoms with Crippen molar-refractivity contribution in [3.05, 3.63) is 32.8 Å². The molecule has 0 unspecified atom stereocenters. The monoisotopic (exact) mass is 329 g/mol. The van der Waals surface area contributed by atoms with Gasteiger partial charge in [-0.1, -0.05) is 6.07 Å². The first kappa shape index (κ1) is 14.2. The van der Waals surface area contributed by atoms with Gasteiger partial charge in [-0.25, -0.2) is 0 Å². The number of benzene rings is 1. The molecule has 0 saturated carbocycles. The zero-order valence-corrected chi connectivity index (χ0v) is 12.1. The number of rotatable bonds is 5. The molecule has 1 N–H and O–H groups in total. The van der Waals surface area contributed by atoms with E-state index in [0.717, 1.165) is 32.7 Å². The van der Waals surface area contributed by atoms with E-state index in [9.17, 15) is 10.1 Å². The lowest BCUT2D eigenvalue weighted by Crippen LogP contribution is -2.44. The predicted molar refractivity (Wildman–Crippen MR) is 75.6 cm³/mol. The van der Waals surface area contributed by atoms with E-state index < -0.39 is 4.92 Å². The van der Waals surface area contributed by atoms with Crippen LogP contribution in [0.2, 0.25) is 0 Å². The first-order valence-electron chi connectivity index (χ1n) is 6.17. The van der Waals surface area contributed by atoms with Crippen LogP contribution in [0.4, 0.5) is 5.69 Å². The highest BCUT2D eigenvalue weighted by Crippen LogP contribution is 2.33. The van der Waals surface area contributed by atoms with E-state index in [-0.39, 0.29) is 5.69 Å². The van der Waals surface area contributed by atoms with Gasteiger partial charge in [0.25, 0.3) is 5.69 Å². The number of piperazine rings is 1. The number of halogens is 1. The molecule has 1 aromatic rings. The Kier molecular flexibility index (Phi) is 5.12. The van der Waals surface area contributed by atoms with Crippen molar-refractivity contribution >= 4 is 21.6 Å². The van der Waals surface area contributed by atoms with Crippen LogP contribution in [0, 0.1) is 10.1 Å². The third-order valence-corrected chi connectivity index (χ3v) is 3.81. The highest BCUT2D eigenvalue weighted by molar-refractivity contribution is 9.10. The van der Waals surface area contributed by atoms with Crippen LogP contribution in [0.15, 0.2) is 22.7 Å². The minimum Gasteiger partial charge on any atom is -0.491 e. The third kappa shape index (κ3) is 3.89. The molecule has 0 spiro atoms. The van der Waals surface area contributed by atoms with Gasteiger partial charge in [-0.3, -0.25) is 15.0 Å². The topological polar surface area (TPSA) is 67.6 Å². The molecule has 2 rings (SSSR count). The Bertz CT molecular complexity index is 450. The molecule has 1 saturated heterocycles. The second kappa shape index (κ2) is 6.83. The van der Waals surface area contributed by atoms with Crippen molar-refractivity contribution in [2.75, 3.05) is 39.3 Å². The van der Waals surface area contributed by atoms with Crippen LogP contribution >= 0.6 is 15.9 Å². The molecular formula is C12H16BrN3O3. The minimum absolute atomic E-state index is 0.0275. The van der Waals surface area contributed by atoms with Crippen molar-refractivity contribution in [1.29, 1.82) is 0 Å². The molecule has 0 atom stereocenters. The molecule has 0 radical (unpaired) electrons. The summed E-state index contributed by atoms with van der Waals surface area (Å²) in [6, 6.07) is 4.81. The molecule has 0 amide bonds. The molecule has 1 aliphatic heterocycles. The lowest BCUT2D eigenvalue weighted by molar-refractivity contribution is -0.385. The average molecular weight is 330 g/mol. The number of ether oxygens (including phenoxy) is 1. The number of hydrogen-bond donors (Lipinski definition) is 1. The summed E-state index contributed by atoms with van der Waals surface area (Å²) >= 11 is 3.22. The average Bonchev–Trinajstić information content (AvgIpc) is 2.41. The summed E-state index contributed by atoms with van der Waals surface area (Å²) in [5.74, 6) is 0.518. The lowest BCUT2D eigenvalue weighted by atomic mass is 10.3. The molecule has 0 aliphatic carbocycles. The molecular weight excluding hydrogens is 314 g/mol. The van der Waals surface area contributed by atoms with Crippen LogP contribution in [-0.2, 0) is 0 Å². The molecule has 19 heavy (non-hydrogen) atoms. The molecule has 0 bridgehead atoms. The van der Waals surface area contributed by atoms with Gasteiger partial charge < -0.3 is 10.1 Å². The maximum absolute atomic E-state index is 10.8. The summed E-state index contributed by atoms with van der Waals surface area (Å²) in [5.41, 5.74) is 0.0275. The van der Waals surface area contributed by atoms with Crippen LogP contribution < -0.4 is 10.1 Å². The van der Waals surface area contributed by atoms with Gasteiger partial charge in [0.1, 0.15) is 16.8 Å². The predicted octanol–water partition coefficient (Wildman–Crippen LogP) is 1.64. The lowest BCUT2D eigenvalue weighted by Gasteiger charge is -2.26. The first-order chi connectivity index (χ1) is 9.18. The Balaban J connectivity index is 1.88. The molecule has 0 aromatic heterocycles. The van der Waals surface area contributed by atoms with Gasteiger partial charge in [0.05, 0.1) is 4.92 Å². The van der Waals surface area contributed by atoms with Gasteiger partial charge in [-0.05, 0) is 22.0 Å². The number of nitrogens with one attached hydrogen (secondary N) is 1. The van der Waals surface area contributed by atoms with Crippen LogP contribution in [0.5, 0.6) is 5.75 Å². The second-order valence-corrected chi connectivity index (χ2v) is 5.08. The second-order valence-electron chi connectivity index (χ2n) is 4.29. The van der Waals surface area contributed by atoms with Crippen LogP contribution in [0.1, 0.15) is 0 Å². The maximum Gasteiger partial charge on any atom is 0.287 e. The van der Waals surface area contributed by atoms with Gasteiger partial charge in [0, 0.05) is 38.8 Å². The standard InChI is InChI=1S/C12H16BrN3O3/c13-12-10(16(17)18)2-1-3-11(12)19-9-8-15-6-4-14-5-7-15/h1-3,14H,4-9H2. The van der Waals surface area contributed by atoms with E-state index in [1.54, 1.807) is 12.1 Å². The Morgan fingerprint density at radius 3 is 2.84 bits per heavy atom. The van der Waals surface area contributed by atoms with Crippen LogP contribution in [-0.4, -0.2) is 49.2 Å². The number of nitro benzene ring substituents is 1. The van der Waals surface area contributed by atoms with E-state index in [1.807, 2.05) is 0 Å². The van der Waals surface area contributed by atoms with Crippen molar-refractivity contribution in [3.8, 4) is 5.75 Å². The van der Waals surface area contributed by atoms with E-state index in [2.05, 4.69) is 26.1 Å². The number of nitro groups is 1. The summed E-state index contributed by atoms with van der Waals surface area (Å²) in [5, 5.41) is 14.1. The summed E-state index contributed by atoms with van der Waals surface area (Å²) < 4.78 is 6.02. The Hall–Kier alpha value is -1.18. The summed E-state index contributed by atoms with van der Waals surface area (Å²) in [6.45, 7) is 5.39. The van der Waals surface area contributed by atoms with Crippen LogP contribution in [0.25, 0.3) is 0 Å². The van der Waals surface area contributed by atoms with Crippen molar-refractivity contribution in [2.24, 2.45) is 0 Å². The zero-order valence-electron chi connectivity index (χ0n) is 10.5. The SMILES string of the molecule is O=[N+]([O-])c1cccc(OCCN2CCNCC2)c1Br. The Morgan fingerprint density at radius 1 is 1.42 bits per heavy atom. The van der Waals surface area contributed by atoms with E-state index >= 15 is 0 Å². The summed E-state index contributed by atoms with van der Waals surface area (Å²) in [4.78, 5) is 12.7. The van der Waals surface area contributed by atoms with Gasteiger partial charge in [-0.15, -0.1) is 0 Å². The fourth-order valence-electron chi connectivity index (χ4n) is 1.97. The molecule has 6 nitrogen and oxygen atoms in total. The highest BCUT2D eigenvalue weighted by Gasteiger charge is 2.16. The van der Waals surface area contributed by atoms with Crippen molar-refractivity contribution < 1.29 is 9.66 Å². The van der Waals surface area contributed by atoms with Gasteiger partial charge in [0.2, 0.25) is 0 Å². The third-order valence-electron chi connectivity index (χ3n) is 3.01. The summed E-state index contributed by atoms with van der Waals surface area (Å²) in [6.07, 6.45) is 0. The highest BCUT2D eigenvalue weighted by atomic mass is 79.9. The van der Waals surface area contributed by atoms with E-state index in [1.165, 1.54) is 6.07 Å². The minimum atomic E-state index is -0.423. The molecule has 104 valence electrons. The summed E-state index contributed by atoms with van der Waals surface area (Å²) in [7, 11) is 0.